The van der Waals surface area contributed by atoms with Crippen LogP contribution in [0, 0.1) is 0 Å². The molecule has 2 nitrogen and oxygen atoms in total. The topological polar surface area (TPSA) is 36.5 Å². The van der Waals surface area contributed by atoms with Crippen LogP contribution in [-0.4, -0.2) is 31.7 Å². The first-order valence-electron chi connectivity index (χ1n) is 14.9. The van der Waals surface area contributed by atoms with Gasteiger partial charge in [-0.2, -0.15) is 0 Å². The van der Waals surface area contributed by atoms with E-state index >= 15 is 0 Å². The fourth-order valence-electron chi connectivity index (χ4n) is 4.87. The Bertz CT molecular complexity index is 308. The van der Waals surface area contributed by atoms with E-state index in [1.165, 1.54) is 172 Å². The minimum atomic E-state index is 0. The second-order valence-electron chi connectivity index (χ2n) is 11.2. The molecule has 0 aromatic carbocycles. The first-order chi connectivity index (χ1) is 15.1. The average Bonchev–Trinajstić information content (AvgIpc) is 2.75. The van der Waals surface area contributed by atoms with Gasteiger partial charge in [-0.1, -0.05) is 142 Å². The Morgan fingerprint density at radius 2 is 0.500 bits per heavy atom. The van der Waals surface area contributed by atoms with Gasteiger partial charge in [0, 0.05) is 0 Å². The smallest absolute Gasteiger partial charge is 0.0782 e. The summed E-state index contributed by atoms with van der Waals surface area (Å²) in [6.45, 7) is 7.38. The third-order valence-electron chi connectivity index (χ3n) is 7.23. The second-order valence-corrected chi connectivity index (χ2v) is 11.2. The van der Waals surface area contributed by atoms with E-state index in [9.17, 15) is 0 Å². The maximum atomic E-state index is 2.46. The van der Waals surface area contributed by atoms with Crippen molar-refractivity contribution in [2.24, 2.45) is 0 Å². The van der Waals surface area contributed by atoms with E-state index in [1.54, 1.807) is 0 Å². The molecule has 0 aromatic heterocycles. The summed E-state index contributed by atoms with van der Waals surface area (Å²) in [7, 11) is 4.91. The van der Waals surface area contributed by atoms with Gasteiger partial charge < -0.3 is 44.6 Å². The van der Waals surface area contributed by atoms with Gasteiger partial charge in [0.2, 0.25) is 0 Å². The van der Waals surface area contributed by atoms with Crippen molar-refractivity contribution in [3.05, 3.63) is 0 Å². The van der Waals surface area contributed by atoms with Crippen molar-refractivity contribution in [2.75, 3.05) is 27.2 Å². The molecule has 0 saturated carbocycles. The highest BCUT2D eigenvalue weighted by Gasteiger charge is 2.13. The Labute approximate surface area is 238 Å². The van der Waals surface area contributed by atoms with Gasteiger partial charge in [-0.15, -0.1) is 0 Å². The van der Waals surface area contributed by atoms with Crippen molar-refractivity contribution >= 4 is 0 Å². The molecule has 0 fully saturated rings. The average molecular weight is 617 g/mol. The van der Waals surface area contributed by atoms with E-state index in [4.69, 9.17) is 0 Å². The zero-order valence-corrected chi connectivity index (χ0v) is 27.8. The lowest BCUT2D eigenvalue weighted by atomic mass is 10.0. The first-order valence-corrected chi connectivity index (χ1v) is 14.9. The monoisotopic (exact) mass is 614 g/mol. The van der Waals surface area contributed by atoms with E-state index in [1.807, 2.05) is 0 Å². The van der Waals surface area contributed by atoms with Gasteiger partial charge in [-0.05, 0) is 25.7 Å². The molecule has 0 aromatic rings. The van der Waals surface area contributed by atoms with Crippen LogP contribution in [0.25, 0.3) is 0 Å². The Morgan fingerprint density at radius 1 is 0.324 bits per heavy atom. The Balaban J connectivity index is -0.00000150. The summed E-state index contributed by atoms with van der Waals surface area (Å²) in [5.74, 6) is 0. The maximum Gasteiger partial charge on any atom is 0.0782 e. The molecule has 0 amide bonds. The van der Waals surface area contributed by atoms with Crippen LogP contribution in [0.2, 0.25) is 0 Å². The Kier molecular flexibility index (Phi) is 41.8. The van der Waals surface area contributed by atoms with Gasteiger partial charge >= 0.3 is 0 Å². The molecule has 4 N–H and O–H groups in total. The number of nitrogens with zero attached hydrogens (tertiary/aromatic N) is 1. The molecule has 0 aliphatic heterocycles. The van der Waals surface area contributed by atoms with Gasteiger partial charge in [0.15, 0.2) is 0 Å². The molecular formula is C30H68Br2N2. The molecule has 0 aliphatic rings. The zero-order valence-electron chi connectivity index (χ0n) is 24.6. The largest absolute Gasteiger partial charge is 1.00 e. The van der Waals surface area contributed by atoms with E-state index in [2.05, 4.69) is 27.9 Å². The lowest BCUT2D eigenvalue weighted by Crippen LogP contribution is -3.00. The number of hydrogen-bond donors (Lipinski definition) is 1. The van der Waals surface area contributed by atoms with Crippen molar-refractivity contribution in [3.8, 4) is 0 Å². The summed E-state index contributed by atoms with van der Waals surface area (Å²) in [6, 6.07) is 0. The molecule has 0 heterocycles. The molecule has 34 heavy (non-hydrogen) atoms. The highest BCUT2D eigenvalue weighted by atomic mass is 79.9. The molecule has 0 aliphatic carbocycles. The molecule has 212 valence electrons. The summed E-state index contributed by atoms with van der Waals surface area (Å²) in [4.78, 5) is 0. The quantitative estimate of drug-likeness (QED) is 0.107. The molecule has 0 rings (SSSR count). The summed E-state index contributed by atoms with van der Waals surface area (Å²) in [5.41, 5.74) is 0. The van der Waals surface area contributed by atoms with Crippen LogP contribution in [0.3, 0.4) is 0 Å². The standard InChI is InChI=1S/C30H64N.2BrH.H3N/c1-5-7-9-11-13-15-17-19-21-23-25-27-29-31(3,4)30-28-26-24-22-20-18-16-14-12-10-8-6-2;;;/h5-30H2,1-4H3;2*1H;1H3/q+1;;;/p-1. The van der Waals surface area contributed by atoms with Crippen LogP contribution < -0.4 is 40.1 Å². The summed E-state index contributed by atoms with van der Waals surface area (Å²) in [5, 5.41) is 0. The van der Waals surface area contributed by atoms with Crippen LogP contribution in [0.1, 0.15) is 168 Å². The molecule has 0 unspecified atom stereocenters. The minimum Gasteiger partial charge on any atom is -1.00 e. The lowest BCUT2D eigenvalue weighted by molar-refractivity contribution is -0.890. The SMILES string of the molecule is CCCCCCCCCCCCCC[N+](C)(C)CCCCCCCCCCCCCC.[Br-].[Br-].[NH4+]. The third-order valence-corrected chi connectivity index (χ3v) is 7.23. The van der Waals surface area contributed by atoms with Gasteiger partial charge in [-0.3, -0.25) is 0 Å². The summed E-state index contributed by atoms with van der Waals surface area (Å²) >= 11 is 0. The number of halogens is 2. The number of rotatable bonds is 26. The highest BCUT2D eigenvalue weighted by molar-refractivity contribution is 4.50. The third kappa shape index (κ3) is 35.0. The predicted molar refractivity (Wildman–Crippen MR) is 150 cm³/mol. The summed E-state index contributed by atoms with van der Waals surface area (Å²) < 4.78 is 1.25. The minimum absolute atomic E-state index is 0. The van der Waals surface area contributed by atoms with Crippen LogP contribution in [0.15, 0.2) is 0 Å². The molecule has 0 atom stereocenters. The van der Waals surface area contributed by atoms with Crippen LogP contribution >= 0.6 is 0 Å². The zero-order chi connectivity index (χ0) is 22.9. The van der Waals surface area contributed by atoms with Crippen LogP contribution in [0.5, 0.6) is 0 Å². The molecular weight excluding hydrogens is 548 g/mol. The summed E-state index contributed by atoms with van der Waals surface area (Å²) in [6.07, 6.45) is 35.0. The van der Waals surface area contributed by atoms with Crippen molar-refractivity contribution in [2.45, 2.75) is 168 Å². The van der Waals surface area contributed by atoms with E-state index in [-0.39, 0.29) is 40.1 Å². The number of quaternary nitrogens is 2. The van der Waals surface area contributed by atoms with Crippen molar-refractivity contribution < 1.29 is 38.4 Å². The fraction of sp³-hybridized carbons (Fsp3) is 1.00. The molecule has 0 saturated heterocycles. The first kappa shape index (κ1) is 42.0. The van der Waals surface area contributed by atoms with Crippen molar-refractivity contribution in [1.82, 2.24) is 6.15 Å². The van der Waals surface area contributed by atoms with E-state index in [0.717, 1.165) is 0 Å². The van der Waals surface area contributed by atoms with Gasteiger partial charge in [0.1, 0.15) is 0 Å². The number of unbranched alkanes of at least 4 members (excludes halogenated alkanes) is 22. The molecule has 0 bridgehead atoms. The van der Waals surface area contributed by atoms with Crippen LogP contribution in [-0.2, 0) is 0 Å². The van der Waals surface area contributed by atoms with Crippen molar-refractivity contribution in [1.29, 1.82) is 0 Å². The Hall–Kier alpha value is 0.880. The van der Waals surface area contributed by atoms with Gasteiger partial charge in [0.05, 0.1) is 27.2 Å². The molecule has 4 heteroatoms. The van der Waals surface area contributed by atoms with Gasteiger partial charge in [-0.25, -0.2) is 0 Å². The van der Waals surface area contributed by atoms with E-state index in [0.29, 0.717) is 0 Å². The van der Waals surface area contributed by atoms with E-state index < -0.39 is 0 Å². The highest BCUT2D eigenvalue weighted by Crippen LogP contribution is 2.15. The molecule has 0 radical (unpaired) electrons. The normalized spacial score (nSPS) is 10.9. The predicted octanol–water partition coefficient (Wildman–Crippen LogP) is 4.85. The second kappa shape index (κ2) is 33.9. The van der Waals surface area contributed by atoms with Gasteiger partial charge in [0.25, 0.3) is 0 Å². The number of hydrogen-bond acceptors (Lipinski definition) is 0. The van der Waals surface area contributed by atoms with Crippen molar-refractivity contribution in [3.63, 3.8) is 0 Å². The molecule has 0 spiro atoms. The Morgan fingerprint density at radius 3 is 0.706 bits per heavy atom. The lowest BCUT2D eigenvalue weighted by Gasteiger charge is -2.30. The fourth-order valence-corrected chi connectivity index (χ4v) is 4.87. The maximum absolute atomic E-state index is 2.46. The van der Waals surface area contributed by atoms with Crippen LogP contribution in [0.4, 0.5) is 0 Å².